The molecule has 0 aliphatic rings. The van der Waals surface area contributed by atoms with Crippen molar-refractivity contribution in [1.82, 2.24) is 10.3 Å². The molecular formula is C13H23ClN2S. The van der Waals surface area contributed by atoms with Crippen molar-refractivity contribution < 1.29 is 0 Å². The van der Waals surface area contributed by atoms with Crippen molar-refractivity contribution in [2.75, 3.05) is 0 Å². The summed E-state index contributed by atoms with van der Waals surface area (Å²) in [4.78, 5) is 4.66. The van der Waals surface area contributed by atoms with Gasteiger partial charge in [-0.3, -0.25) is 0 Å². The summed E-state index contributed by atoms with van der Waals surface area (Å²) in [7, 11) is 0. The van der Waals surface area contributed by atoms with Crippen LogP contribution in [-0.4, -0.2) is 16.4 Å². The number of hydrogen-bond donors (Lipinski definition) is 1. The lowest BCUT2D eigenvalue weighted by molar-refractivity contribution is 0.507. The molecule has 1 rings (SSSR count). The van der Waals surface area contributed by atoms with Crippen molar-refractivity contribution in [3.05, 3.63) is 16.1 Å². The highest BCUT2D eigenvalue weighted by Crippen LogP contribution is 2.23. The third-order valence-electron chi connectivity index (χ3n) is 2.60. The lowest BCUT2D eigenvalue weighted by Gasteiger charge is -2.15. The first-order valence-electron chi connectivity index (χ1n) is 6.11. The molecule has 0 aromatic carbocycles. The maximum Gasteiger partial charge on any atom is 0.107 e. The monoisotopic (exact) mass is 274 g/mol. The minimum atomic E-state index is 0.144. The van der Waals surface area contributed by atoms with Crippen molar-refractivity contribution in [3.63, 3.8) is 0 Å². The number of nitrogens with zero attached hydrogens (tertiary/aromatic N) is 1. The van der Waals surface area contributed by atoms with Gasteiger partial charge >= 0.3 is 0 Å². The number of halogens is 1. The fraction of sp³-hybridized carbons (Fsp3) is 0.769. The molecule has 0 spiro atoms. The van der Waals surface area contributed by atoms with Crippen LogP contribution in [0.4, 0.5) is 0 Å². The van der Waals surface area contributed by atoms with Gasteiger partial charge in [0.15, 0.2) is 0 Å². The Morgan fingerprint density at radius 1 is 1.41 bits per heavy atom. The Balaban J connectivity index is 2.45. The predicted octanol–water partition coefficient (Wildman–Crippen LogP) is 3.94. The molecule has 98 valence electrons. The fourth-order valence-corrected chi connectivity index (χ4v) is 2.81. The maximum atomic E-state index is 5.97. The van der Waals surface area contributed by atoms with Crippen LogP contribution in [0, 0.1) is 0 Å². The SMILES string of the molecule is CC(Cl)CC(C)NCc1nc(C(C)(C)C)cs1. The van der Waals surface area contributed by atoms with Gasteiger partial charge in [-0.1, -0.05) is 20.8 Å². The number of rotatable bonds is 5. The molecule has 2 nitrogen and oxygen atoms in total. The zero-order valence-electron chi connectivity index (χ0n) is 11.4. The van der Waals surface area contributed by atoms with Crippen molar-refractivity contribution in [3.8, 4) is 0 Å². The van der Waals surface area contributed by atoms with Gasteiger partial charge in [0, 0.05) is 28.8 Å². The van der Waals surface area contributed by atoms with Gasteiger partial charge in [-0.25, -0.2) is 4.98 Å². The summed E-state index contributed by atoms with van der Waals surface area (Å²) in [5, 5.41) is 6.99. The van der Waals surface area contributed by atoms with Crippen LogP contribution in [0.25, 0.3) is 0 Å². The summed E-state index contributed by atoms with van der Waals surface area (Å²) in [5.41, 5.74) is 1.32. The van der Waals surface area contributed by atoms with E-state index in [1.807, 2.05) is 6.92 Å². The highest BCUT2D eigenvalue weighted by atomic mass is 35.5. The zero-order chi connectivity index (χ0) is 13.1. The van der Waals surface area contributed by atoms with Crippen molar-refractivity contribution >= 4 is 22.9 Å². The van der Waals surface area contributed by atoms with Gasteiger partial charge in [-0.15, -0.1) is 22.9 Å². The predicted molar refractivity (Wildman–Crippen MR) is 77.0 cm³/mol. The molecule has 0 fully saturated rings. The number of alkyl halides is 1. The van der Waals surface area contributed by atoms with Gasteiger partial charge in [-0.2, -0.15) is 0 Å². The molecule has 0 aliphatic carbocycles. The Labute approximate surface area is 114 Å². The fourth-order valence-electron chi connectivity index (χ4n) is 1.57. The first-order valence-corrected chi connectivity index (χ1v) is 7.43. The van der Waals surface area contributed by atoms with Crippen LogP contribution >= 0.6 is 22.9 Å². The molecule has 0 amide bonds. The number of nitrogens with one attached hydrogen (secondary N) is 1. The van der Waals surface area contributed by atoms with E-state index in [-0.39, 0.29) is 10.8 Å². The third kappa shape index (κ3) is 5.36. The number of aromatic nitrogens is 1. The molecule has 0 bridgehead atoms. The Hall–Kier alpha value is -0.120. The van der Waals surface area contributed by atoms with Gasteiger partial charge in [0.2, 0.25) is 0 Å². The number of thiazole rings is 1. The van der Waals surface area contributed by atoms with Gasteiger partial charge < -0.3 is 5.32 Å². The highest BCUT2D eigenvalue weighted by molar-refractivity contribution is 7.09. The van der Waals surface area contributed by atoms with Gasteiger partial charge in [0.1, 0.15) is 5.01 Å². The van der Waals surface area contributed by atoms with E-state index in [0.717, 1.165) is 18.0 Å². The average Bonchev–Trinajstić information content (AvgIpc) is 2.61. The van der Waals surface area contributed by atoms with Crippen molar-refractivity contribution in [2.24, 2.45) is 0 Å². The van der Waals surface area contributed by atoms with E-state index in [4.69, 9.17) is 11.6 Å². The first-order chi connectivity index (χ1) is 7.79. The second-order valence-electron chi connectivity index (χ2n) is 5.67. The van der Waals surface area contributed by atoms with E-state index in [1.54, 1.807) is 11.3 Å². The summed E-state index contributed by atoms with van der Waals surface area (Å²) in [6, 6.07) is 0.435. The minimum absolute atomic E-state index is 0.144. The molecule has 4 heteroatoms. The summed E-state index contributed by atoms with van der Waals surface area (Å²) in [6.45, 7) is 11.6. The Morgan fingerprint density at radius 2 is 2.06 bits per heavy atom. The standard InChI is InChI=1S/C13H23ClN2S/c1-9(14)6-10(2)15-7-12-16-11(8-17-12)13(3,4)5/h8-10,15H,6-7H2,1-5H3. The van der Waals surface area contributed by atoms with Crippen LogP contribution in [0.2, 0.25) is 0 Å². The van der Waals surface area contributed by atoms with Gasteiger partial charge in [-0.05, 0) is 20.3 Å². The van der Waals surface area contributed by atoms with Crippen LogP contribution in [0.1, 0.15) is 51.7 Å². The topological polar surface area (TPSA) is 24.9 Å². The van der Waals surface area contributed by atoms with Crippen molar-refractivity contribution in [2.45, 2.75) is 64.4 Å². The van der Waals surface area contributed by atoms with Gasteiger partial charge in [0.25, 0.3) is 0 Å². The zero-order valence-corrected chi connectivity index (χ0v) is 13.0. The van der Waals surface area contributed by atoms with Crippen molar-refractivity contribution in [1.29, 1.82) is 0 Å². The lowest BCUT2D eigenvalue weighted by atomic mass is 9.93. The smallest absolute Gasteiger partial charge is 0.107 e. The summed E-state index contributed by atoms with van der Waals surface area (Å²) >= 11 is 7.70. The lowest BCUT2D eigenvalue weighted by Crippen LogP contribution is -2.27. The third-order valence-corrected chi connectivity index (χ3v) is 3.63. The van der Waals surface area contributed by atoms with Crippen LogP contribution in [0.3, 0.4) is 0 Å². The van der Waals surface area contributed by atoms with E-state index in [1.165, 1.54) is 5.69 Å². The van der Waals surface area contributed by atoms with E-state index in [0.29, 0.717) is 6.04 Å². The van der Waals surface area contributed by atoms with Crippen LogP contribution in [-0.2, 0) is 12.0 Å². The highest BCUT2D eigenvalue weighted by Gasteiger charge is 2.17. The second-order valence-corrected chi connectivity index (χ2v) is 7.36. The normalized spacial score (nSPS) is 15.9. The molecule has 1 aromatic heterocycles. The second kappa shape index (κ2) is 6.17. The first kappa shape index (κ1) is 14.9. The quantitative estimate of drug-likeness (QED) is 0.823. The van der Waals surface area contributed by atoms with Crippen LogP contribution in [0.15, 0.2) is 5.38 Å². The molecule has 0 radical (unpaired) electrons. The average molecular weight is 275 g/mol. The Bertz CT molecular complexity index is 341. The van der Waals surface area contributed by atoms with Gasteiger partial charge in [0.05, 0.1) is 5.69 Å². The van der Waals surface area contributed by atoms with Crippen LogP contribution < -0.4 is 5.32 Å². The molecular weight excluding hydrogens is 252 g/mol. The molecule has 0 saturated heterocycles. The molecule has 1 aromatic rings. The summed E-state index contributed by atoms with van der Waals surface area (Å²) in [6.07, 6.45) is 0.985. The molecule has 17 heavy (non-hydrogen) atoms. The van der Waals surface area contributed by atoms with E-state index in [9.17, 15) is 0 Å². The van der Waals surface area contributed by atoms with Crippen LogP contribution in [0.5, 0.6) is 0 Å². The summed E-state index contributed by atoms with van der Waals surface area (Å²) in [5.74, 6) is 0. The van der Waals surface area contributed by atoms with E-state index in [2.05, 4.69) is 43.4 Å². The number of hydrogen-bond acceptors (Lipinski definition) is 3. The Morgan fingerprint density at radius 3 is 2.53 bits per heavy atom. The molecule has 2 atom stereocenters. The molecule has 0 aliphatic heterocycles. The molecule has 2 unspecified atom stereocenters. The largest absolute Gasteiger partial charge is 0.308 e. The van der Waals surface area contributed by atoms with E-state index >= 15 is 0 Å². The molecule has 1 N–H and O–H groups in total. The molecule has 1 heterocycles. The molecule has 0 saturated carbocycles. The minimum Gasteiger partial charge on any atom is -0.308 e. The maximum absolute atomic E-state index is 5.97. The Kier molecular flexibility index (Phi) is 5.42. The van der Waals surface area contributed by atoms with E-state index < -0.39 is 0 Å². The summed E-state index contributed by atoms with van der Waals surface area (Å²) < 4.78 is 0.